The van der Waals surface area contributed by atoms with Gasteiger partial charge in [0.15, 0.2) is 11.5 Å². The average Bonchev–Trinajstić information content (AvgIpc) is 3.22. The number of nitrogens with zero attached hydrogens (tertiary/aromatic N) is 2. The van der Waals surface area contributed by atoms with Crippen molar-refractivity contribution >= 4 is 27.5 Å². The first kappa shape index (κ1) is 20.7. The number of hydrogen-bond acceptors (Lipinski definition) is 5. The maximum atomic E-state index is 13.1. The number of ether oxygens (including phenoxy) is 2. The van der Waals surface area contributed by atoms with Crippen molar-refractivity contribution in [1.29, 1.82) is 0 Å². The first-order valence-corrected chi connectivity index (χ1v) is 11.6. The quantitative estimate of drug-likeness (QED) is 0.502. The van der Waals surface area contributed by atoms with Gasteiger partial charge in [-0.15, -0.1) is 11.3 Å². The summed E-state index contributed by atoms with van der Waals surface area (Å²) in [6.45, 7) is 6.66. The van der Waals surface area contributed by atoms with Crippen LogP contribution in [-0.4, -0.2) is 42.1 Å². The van der Waals surface area contributed by atoms with Gasteiger partial charge in [0.25, 0.3) is 5.91 Å². The molecular weight excluding hydrogens is 396 g/mol. The zero-order chi connectivity index (χ0) is 20.9. The minimum absolute atomic E-state index is 0.0562. The molecule has 1 saturated heterocycles. The minimum atomic E-state index is 0.0562. The second kappa shape index (κ2) is 9.47. The Bertz CT molecular complexity index is 976. The molecule has 3 aromatic rings. The smallest absolute Gasteiger partial charge is 0.253 e. The fraction of sp³-hybridized carbons (Fsp3) is 0.417. The van der Waals surface area contributed by atoms with E-state index in [4.69, 9.17) is 14.5 Å². The highest BCUT2D eigenvalue weighted by Gasteiger charge is 2.27. The fourth-order valence-corrected chi connectivity index (χ4v) is 4.95. The average molecular weight is 425 g/mol. The number of piperidine rings is 1. The van der Waals surface area contributed by atoms with Crippen LogP contribution in [0.3, 0.4) is 0 Å². The van der Waals surface area contributed by atoms with Gasteiger partial charge in [0.05, 0.1) is 28.4 Å². The van der Waals surface area contributed by atoms with Gasteiger partial charge >= 0.3 is 0 Å². The van der Waals surface area contributed by atoms with Crippen LogP contribution in [0.4, 0.5) is 0 Å². The number of para-hydroxylation sites is 1. The number of likely N-dealkylation sites (tertiary alicyclic amines) is 1. The van der Waals surface area contributed by atoms with Crippen molar-refractivity contribution in [2.45, 2.75) is 39.0 Å². The molecule has 1 fully saturated rings. The van der Waals surface area contributed by atoms with Gasteiger partial charge in [-0.3, -0.25) is 4.79 Å². The summed E-state index contributed by atoms with van der Waals surface area (Å²) in [5, 5.41) is 1.19. The highest BCUT2D eigenvalue weighted by atomic mass is 32.1. The normalized spacial score (nSPS) is 14.8. The molecule has 0 spiro atoms. The van der Waals surface area contributed by atoms with Crippen LogP contribution in [0.2, 0.25) is 0 Å². The molecule has 4 rings (SSSR count). The van der Waals surface area contributed by atoms with Crippen molar-refractivity contribution in [3.05, 3.63) is 53.0 Å². The van der Waals surface area contributed by atoms with Crippen molar-refractivity contribution in [2.75, 3.05) is 26.3 Å². The van der Waals surface area contributed by atoms with Gasteiger partial charge in [0.2, 0.25) is 0 Å². The Morgan fingerprint density at radius 2 is 1.90 bits per heavy atom. The topological polar surface area (TPSA) is 51.7 Å². The second-order valence-corrected chi connectivity index (χ2v) is 8.59. The Hall–Kier alpha value is -2.60. The third-order valence-corrected chi connectivity index (χ3v) is 6.59. The molecule has 5 nitrogen and oxygen atoms in total. The summed E-state index contributed by atoms with van der Waals surface area (Å²) in [7, 11) is 0. The summed E-state index contributed by atoms with van der Waals surface area (Å²) < 4.78 is 12.7. The van der Waals surface area contributed by atoms with Gasteiger partial charge in [0, 0.05) is 24.6 Å². The largest absolute Gasteiger partial charge is 0.490 e. The van der Waals surface area contributed by atoms with Crippen LogP contribution in [0.25, 0.3) is 10.2 Å². The molecule has 158 valence electrons. The summed E-state index contributed by atoms with van der Waals surface area (Å²) in [5.74, 6) is 1.82. The third-order valence-electron chi connectivity index (χ3n) is 5.39. The lowest BCUT2D eigenvalue weighted by atomic mass is 9.97. The van der Waals surface area contributed by atoms with E-state index in [1.54, 1.807) is 11.3 Å². The maximum Gasteiger partial charge on any atom is 0.253 e. The van der Waals surface area contributed by atoms with E-state index in [9.17, 15) is 4.79 Å². The number of carbonyl (C=O) groups is 1. The molecule has 2 aromatic carbocycles. The Labute approximate surface area is 181 Å². The summed E-state index contributed by atoms with van der Waals surface area (Å²) in [4.78, 5) is 19.8. The zero-order valence-electron chi connectivity index (χ0n) is 17.6. The van der Waals surface area contributed by atoms with Crippen LogP contribution < -0.4 is 9.47 Å². The Kier molecular flexibility index (Phi) is 6.53. The number of amides is 1. The minimum Gasteiger partial charge on any atom is -0.490 e. The van der Waals surface area contributed by atoms with Crippen LogP contribution in [0.15, 0.2) is 42.5 Å². The lowest BCUT2D eigenvalue weighted by molar-refractivity contribution is 0.0712. The summed E-state index contributed by atoms with van der Waals surface area (Å²) in [6, 6.07) is 13.8. The van der Waals surface area contributed by atoms with Gasteiger partial charge < -0.3 is 14.4 Å². The van der Waals surface area contributed by atoms with Gasteiger partial charge in [-0.25, -0.2) is 4.98 Å². The molecule has 30 heavy (non-hydrogen) atoms. The van der Waals surface area contributed by atoms with Crippen LogP contribution in [0.5, 0.6) is 11.5 Å². The van der Waals surface area contributed by atoms with Crippen molar-refractivity contribution < 1.29 is 14.3 Å². The van der Waals surface area contributed by atoms with Gasteiger partial charge in [-0.1, -0.05) is 19.1 Å². The lowest BCUT2D eigenvalue weighted by Crippen LogP contribution is -2.37. The first-order chi connectivity index (χ1) is 14.7. The molecular formula is C24H28N2O3S. The van der Waals surface area contributed by atoms with Crippen molar-refractivity contribution in [2.24, 2.45) is 0 Å². The molecule has 1 aliphatic heterocycles. The van der Waals surface area contributed by atoms with Crippen LogP contribution in [0, 0.1) is 0 Å². The van der Waals surface area contributed by atoms with Gasteiger partial charge in [0.1, 0.15) is 0 Å². The summed E-state index contributed by atoms with van der Waals surface area (Å²) in [6.07, 6.45) is 2.82. The van der Waals surface area contributed by atoms with Crippen LogP contribution in [-0.2, 0) is 0 Å². The molecule has 0 bridgehead atoms. The van der Waals surface area contributed by atoms with Gasteiger partial charge in [-0.05, 0) is 56.5 Å². The Balaban J connectivity index is 1.42. The van der Waals surface area contributed by atoms with Crippen molar-refractivity contribution in [3.8, 4) is 11.5 Å². The first-order valence-electron chi connectivity index (χ1n) is 10.7. The second-order valence-electron chi connectivity index (χ2n) is 7.53. The van der Waals surface area contributed by atoms with E-state index in [1.807, 2.05) is 36.1 Å². The van der Waals surface area contributed by atoms with Crippen molar-refractivity contribution in [1.82, 2.24) is 9.88 Å². The van der Waals surface area contributed by atoms with Crippen molar-refractivity contribution in [3.63, 3.8) is 0 Å². The van der Waals surface area contributed by atoms with E-state index in [-0.39, 0.29) is 5.91 Å². The fourth-order valence-electron chi connectivity index (χ4n) is 3.82. The molecule has 6 heteroatoms. The molecule has 0 saturated carbocycles. The number of benzene rings is 2. The number of thiazole rings is 1. The SMILES string of the molecule is CCCOc1ccc(C(=O)N2CCC(c3nc4ccccc4s3)CC2)cc1OCC. The Morgan fingerprint density at radius 3 is 2.63 bits per heavy atom. The number of aromatic nitrogens is 1. The Morgan fingerprint density at radius 1 is 1.10 bits per heavy atom. The third kappa shape index (κ3) is 4.43. The summed E-state index contributed by atoms with van der Waals surface area (Å²) >= 11 is 1.78. The van der Waals surface area contributed by atoms with E-state index in [0.29, 0.717) is 36.2 Å². The molecule has 0 atom stereocenters. The molecule has 2 heterocycles. The monoisotopic (exact) mass is 424 g/mol. The zero-order valence-corrected chi connectivity index (χ0v) is 18.4. The number of carbonyl (C=O) groups excluding carboxylic acids is 1. The molecule has 1 aromatic heterocycles. The number of rotatable bonds is 7. The maximum absolute atomic E-state index is 13.1. The number of fused-ring (bicyclic) bond motifs is 1. The lowest BCUT2D eigenvalue weighted by Gasteiger charge is -2.31. The highest BCUT2D eigenvalue weighted by molar-refractivity contribution is 7.18. The highest BCUT2D eigenvalue weighted by Crippen LogP contribution is 2.35. The molecule has 0 unspecified atom stereocenters. The number of hydrogen-bond donors (Lipinski definition) is 0. The summed E-state index contributed by atoms with van der Waals surface area (Å²) in [5.41, 5.74) is 1.73. The van der Waals surface area contributed by atoms with Crippen LogP contribution in [0.1, 0.15) is 54.4 Å². The van der Waals surface area contributed by atoms with E-state index in [1.165, 1.54) is 9.71 Å². The van der Waals surface area contributed by atoms with Crippen LogP contribution >= 0.6 is 11.3 Å². The molecule has 1 amide bonds. The molecule has 1 aliphatic rings. The standard InChI is InChI=1S/C24H28N2O3S/c1-3-15-29-20-10-9-18(16-21(20)28-4-2)24(27)26-13-11-17(12-14-26)23-25-19-7-5-6-8-22(19)30-23/h5-10,16-17H,3-4,11-15H2,1-2H3. The molecule has 0 N–H and O–H groups in total. The predicted molar refractivity (Wildman–Crippen MR) is 121 cm³/mol. The van der Waals surface area contributed by atoms with E-state index < -0.39 is 0 Å². The predicted octanol–water partition coefficient (Wildman–Crippen LogP) is 5.50. The van der Waals surface area contributed by atoms with E-state index in [2.05, 4.69) is 25.1 Å². The van der Waals surface area contributed by atoms with E-state index in [0.717, 1.165) is 37.9 Å². The van der Waals surface area contributed by atoms with E-state index >= 15 is 0 Å². The molecule has 0 aliphatic carbocycles. The van der Waals surface area contributed by atoms with Gasteiger partial charge in [-0.2, -0.15) is 0 Å². The molecule has 0 radical (unpaired) electrons.